The Morgan fingerprint density at radius 1 is 0.408 bits per heavy atom. The lowest BCUT2D eigenvalue weighted by atomic mass is 10.0. The summed E-state index contributed by atoms with van der Waals surface area (Å²) >= 11 is 0. The van der Waals surface area contributed by atoms with E-state index in [2.05, 4.69) is 149 Å². The van der Waals surface area contributed by atoms with Crippen molar-refractivity contribution in [2.75, 3.05) is 0 Å². The number of fused-ring (bicyclic) bond motifs is 10. The Hall–Kier alpha value is -6.72. The molecule has 228 valence electrons. The van der Waals surface area contributed by atoms with Crippen molar-refractivity contribution in [2.45, 2.75) is 0 Å². The molecule has 5 heteroatoms. The third-order valence-corrected chi connectivity index (χ3v) is 9.92. The molecule has 5 nitrogen and oxygen atoms in total. The minimum absolute atomic E-state index is 0.612. The summed E-state index contributed by atoms with van der Waals surface area (Å²) in [6.45, 7) is 0. The van der Waals surface area contributed by atoms with Gasteiger partial charge in [-0.15, -0.1) is 0 Å². The highest BCUT2D eigenvalue weighted by atomic mass is 16.3. The van der Waals surface area contributed by atoms with Crippen LogP contribution in [0.15, 0.2) is 162 Å². The quantitative estimate of drug-likeness (QED) is 0.196. The first kappa shape index (κ1) is 26.4. The second kappa shape index (κ2) is 9.89. The lowest BCUT2D eigenvalue weighted by Crippen LogP contribution is -2.06. The lowest BCUT2D eigenvalue weighted by Gasteiger charge is -2.15. The number of furan rings is 1. The van der Waals surface area contributed by atoms with Gasteiger partial charge in [-0.2, -0.15) is 0 Å². The summed E-state index contributed by atoms with van der Waals surface area (Å²) in [5.41, 5.74) is 9.91. The van der Waals surface area contributed by atoms with Crippen molar-refractivity contribution >= 4 is 76.5 Å². The first-order valence-corrected chi connectivity index (χ1v) is 16.5. The highest BCUT2D eigenvalue weighted by Crippen LogP contribution is 2.41. The van der Waals surface area contributed by atoms with Crippen LogP contribution in [0.2, 0.25) is 0 Å². The second-order valence-corrected chi connectivity index (χ2v) is 12.6. The first-order valence-electron chi connectivity index (χ1n) is 16.5. The van der Waals surface area contributed by atoms with Crippen LogP contribution in [-0.4, -0.2) is 19.1 Å². The smallest absolute Gasteiger partial charge is 0.235 e. The molecule has 0 N–H and O–H groups in total. The Morgan fingerprint density at radius 3 is 1.73 bits per heavy atom. The van der Waals surface area contributed by atoms with Crippen molar-refractivity contribution in [2.24, 2.45) is 0 Å². The molecule has 11 aromatic rings. The Morgan fingerprint density at radius 2 is 1.00 bits per heavy atom. The first-order chi connectivity index (χ1) is 24.3. The number of rotatable bonds is 3. The average molecular weight is 627 g/mol. The van der Waals surface area contributed by atoms with E-state index in [1.807, 2.05) is 18.2 Å². The fourth-order valence-corrected chi connectivity index (χ4v) is 7.82. The van der Waals surface area contributed by atoms with Crippen molar-refractivity contribution in [3.05, 3.63) is 158 Å². The lowest BCUT2D eigenvalue weighted by molar-refractivity contribution is 0.669. The van der Waals surface area contributed by atoms with Crippen molar-refractivity contribution < 1.29 is 4.42 Å². The molecule has 0 aliphatic rings. The van der Waals surface area contributed by atoms with Gasteiger partial charge in [0.1, 0.15) is 11.2 Å². The zero-order chi connectivity index (χ0) is 32.1. The summed E-state index contributed by atoms with van der Waals surface area (Å²) in [7, 11) is 0. The number of para-hydroxylation sites is 5. The van der Waals surface area contributed by atoms with E-state index < -0.39 is 0 Å². The molecule has 7 aromatic carbocycles. The SMILES string of the molecule is c1ccc(-c2nc(-n3c4ccccc4c4cccc(-n5c6ccccc6c6ccccc65)c43)nc3cc4oc5ccccc5c4cc23)cc1. The Bertz CT molecular complexity index is 3060. The van der Waals surface area contributed by atoms with Crippen LogP contribution in [0.5, 0.6) is 0 Å². The molecular weight excluding hydrogens is 601 g/mol. The molecule has 4 aromatic heterocycles. The van der Waals surface area contributed by atoms with E-state index in [-0.39, 0.29) is 0 Å². The maximum atomic E-state index is 6.36. The molecule has 49 heavy (non-hydrogen) atoms. The largest absolute Gasteiger partial charge is 0.456 e. The van der Waals surface area contributed by atoms with E-state index in [1.54, 1.807) is 0 Å². The van der Waals surface area contributed by atoms with E-state index in [0.717, 1.165) is 82.6 Å². The van der Waals surface area contributed by atoms with Gasteiger partial charge in [0.25, 0.3) is 0 Å². The minimum atomic E-state index is 0.612. The Balaban J connectivity index is 1.30. The molecule has 0 aliphatic carbocycles. The number of aromatic nitrogens is 4. The van der Waals surface area contributed by atoms with Gasteiger partial charge in [-0.1, -0.05) is 115 Å². The van der Waals surface area contributed by atoms with Gasteiger partial charge in [-0.3, -0.25) is 4.57 Å². The molecule has 0 unspecified atom stereocenters. The molecule has 0 fully saturated rings. The van der Waals surface area contributed by atoms with Crippen LogP contribution < -0.4 is 0 Å². The van der Waals surface area contributed by atoms with Crippen LogP contribution in [0, 0.1) is 0 Å². The number of benzene rings is 7. The second-order valence-electron chi connectivity index (χ2n) is 12.6. The third-order valence-electron chi connectivity index (χ3n) is 9.92. The topological polar surface area (TPSA) is 48.8 Å². The number of nitrogens with zero attached hydrogens (tertiary/aromatic N) is 4. The standard InChI is InChI=1S/C44H26N4O/c1-2-13-27(14-3-1)42-34-25-33-31-18-7-11-24-40(31)49-41(33)26-35(34)45-44(46-42)48-38-22-10-6-17-30(38)32-19-12-23-39(43(32)48)47-36-20-8-4-15-28(36)29-16-5-9-21-37(29)47/h1-26H. The Labute approximate surface area is 279 Å². The number of hydrogen-bond acceptors (Lipinski definition) is 3. The summed E-state index contributed by atoms with van der Waals surface area (Å²) in [6, 6.07) is 55.3. The summed E-state index contributed by atoms with van der Waals surface area (Å²) in [4.78, 5) is 10.8. The summed E-state index contributed by atoms with van der Waals surface area (Å²) in [5.74, 6) is 0.612. The molecule has 11 rings (SSSR count). The molecule has 4 heterocycles. The predicted octanol–water partition coefficient (Wildman–Crippen LogP) is 11.4. The van der Waals surface area contributed by atoms with E-state index in [9.17, 15) is 0 Å². The fourth-order valence-electron chi connectivity index (χ4n) is 7.82. The molecule has 0 aliphatic heterocycles. The summed E-state index contributed by atoms with van der Waals surface area (Å²) < 4.78 is 11.0. The van der Waals surface area contributed by atoms with Crippen LogP contribution in [0.4, 0.5) is 0 Å². The van der Waals surface area contributed by atoms with Gasteiger partial charge in [0.2, 0.25) is 5.95 Å². The summed E-state index contributed by atoms with van der Waals surface area (Å²) in [5, 5.41) is 7.87. The molecular formula is C44H26N4O. The van der Waals surface area contributed by atoms with Crippen LogP contribution in [0.25, 0.3) is 99.3 Å². The van der Waals surface area contributed by atoms with Crippen LogP contribution in [0.3, 0.4) is 0 Å². The molecule has 0 saturated carbocycles. The van der Waals surface area contributed by atoms with Crippen molar-refractivity contribution in [3.8, 4) is 22.9 Å². The van der Waals surface area contributed by atoms with Crippen LogP contribution in [-0.2, 0) is 0 Å². The van der Waals surface area contributed by atoms with E-state index in [0.29, 0.717) is 5.95 Å². The van der Waals surface area contributed by atoms with Gasteiger partial charge in [-0.05, 0) is 36.4 Å². The molecule has 0 bridgehead atoms. The van der Waals surface area contributed by atoms with Crippen LogP contribution in [0.1, 0.15) is 0 Å². The van der Waals surface area contributed by atoms with Crippen molar-refractivity contribution in [3.63, 3.8) is 0 Å². The van der Waals surface area contributed by atoms with E-state index >= 15 is 0 Å². The minimum Gasteiger partial charge on any atom is -0.456 e. The maximum absolute atomic E-state index is 6.36. The van der Waals surface area contributed by atoms with Gasteiger partial charge >= 0.3 is 0 Å². The zero-order valence-electron chi connectivity index (χ0n) is 26.2. The molecule has 0 saturated heterocycles. The summed E-state index contributed by atoms with van der Waals surface area (Å²) in [6.07, 6.45) is 0. The van der Waals surface area contributed by atoms with E-state index in [1.165, 1.54) is 10.8 Å². The van der Waals surface area contributed by atoms with Gasteiger partial charge in [0.15, 0.2) is 0 Å². The van der Waals surface area contributed by atoms with Gasteiger partial charge in [-0.25, -0.2) is 9.97 Å². The monoisotopic (exact) mass is 626 g/mol. The number of hydrogen-bond donors (Lipinski definition) is 0. The maximum Gasteiger partial charge on any atom is 0.235 e. The van der Waals surface area contributed by atoms with Gasteiger partial charge < -0.3 is 8.98 Å². The van der Waals surface area contributed by atoms with Gasteiger partial charge in [0, 0.05) is 49.3 Å². The highest BCUT2D eigenvalue weighted by Gasteiger charge is 2.22. The van der Waals surface area contributed by atoms with Gasteiger partial charge in [0.05, 0.1) is 39.0 Å². The normalized spacial score (nSPS) is 12.1. The highest BCUT2D eigenvalue weighted by molar-refractivity contribution is 6.15. The molecule has 0 amide bonds. The fraction of sp³-hybridized carbons (Fsp3) is 0. The van der Waals surface area contributed by atoms with Crippen molar-refractivity contribution in [1.29, 1.82) is 0 Å². The third kappa shape index (κ3) is 3.70. The molecule has 0 radical (unpaired) electrons. The zero-order valence-corrected chi connectivity index (χ0v) is 26.2. The van der Waals surface area contributed by atoms with Crippen molar-refractivity contribution in [1.82, 2.24) is 19.1 Å². The Kier molecular flexibility index (Phi) is 5.32. The molecule has 0 spiro atoms. The van der Waals surface area contributed by atoms with E-state index in [4.69, 9.17) is 14.4 Å². The van der Waals surface area contributed by atoms with Crippen LogP contribution >= 0.6 is 0 Å². The molecule has 0 atom stereocenters. The average Bonchev–Trinajstić information content (AvgIpc) is 3.81. The predicted molar refractivity (Wildman–Crippen MR) is 201 cm³/mol.